The number of hydrogen-bond acceptors (Lipinski definition) is 4. The van der Waals surface area contributed by atoms with Crippen LogP contribution in [0.3, 0.4) is 0 Å². The highest BCUT2D eigenvalue weighted by Gasteiger charge is 2.21. The van der Waals surface area contributed by atoms with Crippen molar-refractivity contribution in [1.82, 2.24) is 15.1 Å². The first-order chi connectivity index (χ1) is 8.45. The minimum Gasteiger partial charge on any atom is -0.480 e. The maximum Gasteiger partial charge on any atom is 0.326 e. The van der Waals surface area contributed by atoms with Crippen molar-refractivity contribution in [3.8, 4) is 0 Å². The molecular formula is C11H17N3O3S. The van der Waals surface area contributed by atoms with Crippen LogP contribution in [0.4, 0.5) is 0 Å². The third-order valence-electron chi connectivity index (χ3n) is 2.45. The Morgan fingerprint density at radius 2 is 2.28 bits per heavy atom. The molecule has 2 N–H and O–H groups in total. The number of nitrogens with one attached hydrogen (secondary N) is 1. The van der Waals surface area contributed by atoms with Crippen molar-refractivity contribution < 1.29 is 14.7 Å². The van der Waals surface area contributed by atoms with E-state index in [9.17, 15) is 9.59 Å². The lowest BCUT2D eigenvalue weighted by Gasteiger charge is -2.13. The van der Waals surface area contributed by atoms with Gasteiger partial charge in [0.2, 0.25) is 0 Å². The molecule has 1 aromatic heterocycles. The lowest BCUT2D eigenvalue weighted by atomic mass is 10.2. The van der Waals surface area contributed by atoms with Crippen LogP contribution < -0.4 is 5.32 Å². The number of carbonyl (C=O) groups excluding carboxylic acids is 1. The van der Waals surface area contributed by atoms with Crippen LogP contribution in [-0.4, -0.2) is 44.8 Å². The predicted molar refractivity (Wildman–Crippen MR) is 69.8 cm³/mol. The third kappa shape index (κ3) is 3.76. The summed E-state index contributed by atoms with van der Waals surface area (Å²) in [5.41, 5.74) is 1.08. The summed E-state index contributed by atoms with van der Waals surface area (Å²) in [6.07, 6.45) is 2.30. The van der Waals surface area contributed by atoms with Crippen LogP contribution in [-0.2, 0) is 11.8 Å². The summed E-state index contributed by atoms with van der Waals surface area (Å²) in [6.45, 7) is 1.78. The van der Waals surface area contributed by atoms with E-state index in [2.05, 4.69) is 10.4 Å². The largest absolute Gasteiger partial charge is 0.480 e. The monoisotopic (exact) mass is 271 g/mol. The summed E-state index contributed by atoms with van der Waals surface area (Å²) in [7, 11) is 1.65. The number of aromatic nitrogens is 2. The molecule has 0 bridgehead atoms. The molecule has 0 aromatic carbocycles. The molecule has 1 heterocycles. The lowest BCUT2D eigenvalue weighted by Crippen LogP contribution is -2.41. The highest BCUT2D eigenvalue weighted by molar-refractivity contribution is 7.98. The van der Waals surface area contributed by atoms with E-state index in [1.54, 1.807) is 31.8 Å². The third-order valence-corrected chi connectivity index (χ3v) is 3.09. The van der Waals surface area contributed by atoms with Crippen LogP contribution in [0.25, 0.3) is 0 Å². The molecule has 0 saturated heterocycles. The molecule has 1 unspecified atom stereocenters. The fraction of sp³-hybridized carbons (Fsp3) is 0.545. The Bertz CT molecular complexity index is 445. The normalized spacial score (nSPS) is 12.2. The van der Waals surface area contributed by atoms with Crippen LogP contribution in [0.15, 0.2) is 6.07 Å². The van der Waals surface area contributed by atoms with E-state index in [1.165, 1.54) is 4.68 Å². The number of hydrogen-bond donors (Lipinski definition) is 2. The van der Waals surface area contributed by atoms with Crippen LogP contribution in [0.1, 0.15) is 22.6 Å². The minimum atomic E-state index is -1.02. The highest BCUT2D eigenvalue weighted by atomic mass is 32.2. The number of carboxylic acid groups (broad SMARTS) is 1. The Labute approximate surface area is 110 Å². The second-order valence-corrected chi connectivity index (χ2v) is 4.93. The first-order valence-corrected chi connectivity index (χ1v) is 6.88. The molecule has 18 heavy (non-hydrogen) atoms. The molecular weight excluding hydrogens is 254 g/mol. The van der Waals surface area contributed by atoms with E-state index in [-0.39, 0.29) is 0 Å². The molecule has 100 valence electrons. The molecule has 0 aliphatic heterocycles. The van der Waals surface area contributed by atoms with Crippen molar-refractivity contribution in [3.63, 3.8) is 0 Å². The zero-order chi connectivity index (χ0) is 13.7. The van der Waals surface area contributed by atoms with Gasteiger partial charge in [0.15, 0.2) is 0 Å². The molecule has 1 amide bonds. The Hall–Kier alpha value is -1.50. The molecule has 1 rings (SSSR count). The van der Waals surface area contributed by atoms with E-state index < -0.39 is 17.9 Å². The average molecular weight is 271 g/mol. The van der Waals surface area contributed by atoms with Gasteiger partial charge in [-0.3, -0.25) is 9.48 Å². The molecule has 0 spiro atoms. The maximum absolute atomic E-state index is 11.9. The van der Waals surface area contributed by atoms with Gasteiger partial charge in [0, 0.05) is 7.05 Å². The summed E-state index contributed by atoms with van der Waals surface area (Å²) in [5.74, 6) is -0.746. The Morgan fingerprint density at radius 1 is 1.61 bits per heavy atom. The number of rotatable bonds is 6. The molecule has 0 aliphatic rings. The van der Waals surface area contributed by atoms with Gasteiger partial charge in [-0.15, -0.1) is 0 Å². The second-order valence-electron chi connectivity index (χ2n) is 3.94. The molecule has 1 aromatic rings. The fourth-order valence-corrected chi connectivity index (χ4v) is 2.02. The quantitative estimate of drug-likeness (QED) is 0.794. The van der Waals surface area contributed by atoms with E-state index in [0.717, 1.165) is 5.69 Å². The van der Waals surface area contributed by atoms with Crippen molar-refractivity contribution >= 4 is 23.6 Å². The molecule has 0 fully saturated rings. The average Bonchev–Trinajstić information content (AvgIpc) is 2.63. The van der Waals surface area contributed by atoms with Gasteiger partial charge in [-0.1, -0.05) is 0 Å². The molecule has 1 atom stereocenters. The van der Waals surface area contributed by atoms with Crippen molar-refractivity contribution in [2.45, 2.75) is 19.4 Å². The number of nitrogens with zero attached hydrogens (tertiary/aromatic N) is 2. The van der Waals surface area contributed by atoms with Gasteiger partial charge in [0.25, 0.3) is 5.91 Å². The van der Waals surface area contributed by atoms with Gasteiger partial charge >= 0.3 is 5.97 Å². The van der Waals surface area contributed by atoms with E-state index in [0.29, 0.717) is 17.9 Å². The molecule has 0 saturated carbocycles. The fourth-order valence-electron chi connectivity index (χ4n) is 1.55. The number of carboxylic acids is 1. The van der Waals surface area contributed by atoms with E-state index in [1.807, 2.05) is 6.26 Å². The van der Waals surface area contributed by atoms with Gasteiger partial charge in [0.1, 0.15) is 11.7 Å². The molecule has 0 aliphatic carbocycles. The van der Waals surface area contributed by atoms with Crippen molar-refractivity contribution in [2.75, 3.05) is 12.0 Å². The number of amides is 1. The van der Waals surface area contributed by atoms with Gasteiger partial charge in [-0.2, -0.15) is 16.9 Å². The summed E-state index contributed by atoms with van der Waals surface area (Å²) in [5, 5.41) is 15.6. The molecule has 6 nitrogen and oxygen atoms in total. The van der Waals surface area contributed by atoms with Crippen LogP contribution in [0, 0.1) is 6.92 Å². The summed E-state index contributed by atoms with van der Waals surface area (Å²) in [6, 6.07) is 0.767. The SMILES string of the molecule is CSCCC(NC(=O)c1cc(C)nn1C)C(=O)O. The highest BCUT2D eigenvalue weighted by Crippen LogP contribution is 2.05. The van der Waals surface area contributed by atoms with Crippen molar-refractivity contribution in [1.29, 1.82) is 0 Å². The Balaban J connectivity index is 2.72. The Morgan fingerprint density at radius 3 is 2.72 bits per heavy atom. The number of carbonyl (C=O) groups is 2. The van der Waals surface area contributed by atoms with Gasteiger partial charge < -0.3 is 10.4 Å². The van der Waals surface area contributed by atoms with Crippen LogP contribution in [0.5, 0.6) is 0 Å². The number of aryl methyl sites for hydroxylation is 2. The zero-order valence-electron chi connectivity index (χ0n) is 10.6. The Kier molecular flexibility index (Phi) is 5.21. The smallest absolute Gasteiger partial charge is 0.326 e. The standard InChI is InChI=1S/C11H17N3O3S/c1-7-6-9(14(2)13-7)10(15)12-8(11(16)17)4-5-18-3/h6,8H,4-5H2,1-3H3,(H,12,15)(H,16,17). The maximum atomic E-state index is 11.9. The van der Waals surface area contributed by atoms with E-state index in [4.69, 9.17) is 5.11 Å². The summed E-state index contributed by atoms with van der Waals surface area (Å²) >= 11 is 1.55. The molecule has 7 heteroatoms. The van der Waals surface area contributed by atoms with Crippen LogP contribution in [0.2, 0.25) is 0 Å². The minimum absolute atomic E-state index is 0.364. The molecule has 0 radical (unpaired) electrons. The second kappa shape index (κ2) is 6.44. The topological polar surface area (TPSA) is 84.2 Å². The van der Waals surface area contributed by atoms with Gasteiger partial charge in [-0.25, -0.2) is 4.79 Å². The summed E-state index contributed by atoms with van der Waals surface area (Å²) in [4.78, 5) is 22.9. The van der Waals surface area contributed by atoms with Crippen molar-refractivity contribution in [3.05, 3.63) is 17.5 Å². The number of thioether (sulfide) groups is 1. The van der Waals surface area contributed by atoms with E-state index >= 15 is 0 Å². The van der Waals surface area contributed by atoms with Crippen molar-refractivity contribution in [2.24, 2.45) is 7.05 Å². The van der Waals surface area contributed by atoms with Crippen LogP contribution >= 0.6 is 11.8 Å². The summed E-state index contributed by atoms with van der Waals surface area (Å²) < 4.78 is 1.44. The first kappa shape index (κ1) is 14.6. The zero-order valence-corrected chi connectivity index (χ0v) is 11.5. The lowest BCUT2D eigenvalue weighted by molar-refractivity contribution is -0.139. The first-order valence-electron chi connectivity index (χ1n) is 5.49. The number of aliphatic carboxylic acids is 1. The van der Waals surface area contributed by atoms with Gasteiger partial charge in [0.05, 0.1) is 5.69 Å². The van der Waals surface area contributed by atoms with Gasteiger partial charge in [-0.05, 0) is 31.4 Å². The predicted octanol–water partition coefficient (Wildman–Crippen LogP) is 0.665.